The van der Waals surface area contributed by atoms with E-state index in [1.165, 1.54) is 0 Å². The molecule has 1 fully saturated rings. The third-order valence-electron chi connectivity index (χ3n) is 2.80. The van der Waals surface area contributed by atoms with Crippen molar-refractivity contribution < 1.29 is 9.53 Å². The van der Waals surface area contributed by atoms with Crippen LogP contribution in [0.3, 0.4) is 0 Å². The molecule has 1 heterocycles. The minimum Gasteiger partial charge on any atom is -0.496 e. The Labute approximate surface area is 105 Å². The van der Waals surface area contributed by atoms with Crippen molar-refractivity contribution in [2.75, 3.05) is 13.7 Å². The first-order valence-electron chi connectivity index (χ1n) is 5.51. The van der Waals surface area contributed by atoms with Crippen LogP contribution >= 0.6 is 11.6 Å². The molecule has 92 valence electrons. The van der Waals surface area contributed by atoms with E-state index in [9.17, 15) is 4.79 Å². The van der Waals surface area contributed by atoms with Gasteiger partial charge in [0.05, 0.1) is 7.11 Å². The van der Waals surface area contributed by atoms with Crippen LogP contribution in [0.25, 0.3) is 0 Å². The molecule has 5 heteroatoms. The number of methoxy groups -OCH3 is 1. The average Bonchev–Trinajstić information content (AvgIpc) is 2.73. The van der Waals surface area contributed by atoms with Crippen molar-refractivity contribution in [3.05, 3.63) is 28.8 Å². The maximum Gasteiger partial charge on any atom is 0.221 e. The van der Waals surface area contributed by atoms with E-state index in [1.807, 2.05) is 12.1 Å². The van der Waals surface area contributed by atoms with Crippen LogP contribution in [-0.4, -0.2) is 25.6 Å². The number of carbonyl (C=O) groups is 1. The molecule has 4 nitrogen and oxygen atoms in total. The van der Waals surface area contributed by atoms with Crippen LogP contribution in [0.15, 0.2) is 18.2 Å². The molecule has 2 N–H and O–H groups in total. The van der Waals surface area contributed by atoms with Gasteiger partial charge in [0.25, 0.3) is 0 Å². The summed E-state index contributed by atoms with van der Waals surface area (Å²) in [5.41, 5.74) is 0.999. The van der Waals surface area contributed by atoms with Gasteiger partial charge in [0.1, 0.15) is 5.75 Å². The third kappa shape index (κ3) is 3.11. The normalized spacial score (nSPS) is 19.2. The lowest BCUT2D eigenvalue weighted by Gasteiger charge is -2.13. The minimum atomic E-state index is 0.0977. The summed E-state index contributed by atoms with van der Waals surface area (Å²) in [7, 11) is 1.63. The van der Waals surface area contributed by atoms with E-state index in [0.717, 1.165) is 11.3 Å². The Bertz CT molecular complexity index is 423. The molecule has 2 rings (SSSR count). The highest BCUT2D eigenvalue weighted by Gasteiger charge is 2.20. The predicted octanol–water partition coefficient (Wildman–Crippen LogP) is 1.33. The zero-order valence-electron chi connectivity index (χ0n) is 9.63. The lowest BCUT2D eigenvalue weighted by Crippen LogP contribution is -2.30. The van der Waals surface area contributed by atoms with Crippen LogP contribution in [0.5, 0.6) is 5.75 Å². The molecule has 0 bridgehead atoms. The second-order valence-electron chi connectivity index (χ2n) is 4.04. The van der Waals surface area contributed by atoms with Crippen LogP contribution < -0.4 is 15.4 Å². The Kier molecular flexibility index (Phi) is 3.86. The predicted molar refractivity (Wildman–Crippen MR) is 66.3 cm³/mol. The fourth-order valence-electron chi connectivity index (χ4n) is 1.89. The molecule has 1 aromatic carbocycles. The van der Waals surface area contributed by atoms with Crippen molar-refractivity contribution in [2.24, 2.45) is 0 Å². The molecule has 1 unspecified atom stereocenters. The van der Waals surface area contributed by atoms with Crippen LogP contribution in [0.4, 0.5) is 0 Å². The summed E-state index contributed by atoms with van der Waals surface area (Å²) < 4.78 is 5.26. The Morgan fingerprint density at radius 1 is 1.59 bits per heavy atom. The van der Waals surface area contributed by atoms with Crippen molar-refractivity contribution >= 4 is 17.5 Å². The summed E-state index contributed by atoms with van der Waals surface area (Å²) in [5.74, 6) is 0.903. The summed E-state index contributed by atoms with van der Waals surface area (Å²) in [6.07, 6.45) is 0.531. The molecule has 0 aromatic heterocycles. The number of halogens is 1. The molecule has 1 aliphatic heterocycles. The smallest absolute Gasteiger partial charge is 0.221 e. The van der Waals surface area contributed by atoms with E-state index in [1.54, 1.807) is 13.2 Å². The molecule has 1 atom stereocenters. The van der Waals surface area contributed by atoms with Gasteiger partial charge in [-0.05, 0) is 18.2 Å². The zero-order valence-corrected chi connectivity index (χ0v) is 10.4. The number of ether oxygens (including phenoxy) is 1. The van der Waals surface area contributed by atoms with Gasteiger partial charge in [0, 0.05) is 36.1 Å². The number of hydrogen-bond acceptors (Lipinski definition) is 3. The third-order valence-corrected chi connectivity index (χ3v) is 3.04. The number of amides is 1. The summed E-state index contributed by atoms with van der Waals surface area (Å²) in [5, 5.41) is 6.78. The SMILES string of the molecule is COc1ccc(Cl)cc1CNC1CNC(=O)C1. The Morgan fingerprint density at radius 2 is 2.41 bits per heavy atom. The van der Waals surface area contributed by atoms with Crippen molar-refractivity contribution in [3.8, 4) is 5.75 Å². The van der Waals surface area contributed by atoms with Crippen LogP contribution in [-0.2, 0) is 11.3 Å². The van der Waals surface area contributed by atoms with Crippen molar-refractivity contribution in [2.45, 2.75) is 19.0 Å². The molecule has 17 heavy (non-hydrogen) atoms. The average molecular weight is 255 g/mol. The van der Waals surface area contributed by atoms with Crippen LogP contribution in [0.2, 0.25) is 5.02 Å². The van der Waals surface area contributed by atoms with Gasteiger partial charge in [-0.25, -0.2) is 0 Å². The topological polar surface area (TPSA) is 50.4 Å². The van der Waals surface area contributed by atoms with Gasteiger partial charge in [-0.15, -0.1) is 0 Å². The molecule has 0 radical (unpaired) electrons. The molecular formula is C12H15ClN2O2. The van der Waals surface area contributed by atoms with Gasteiger partial charge >= 0.3 is 0 Å². The van der Waals surface area contributed by atoms with Gasteiger partial charge in [-0.3, -0.25) is 4.79 Å². The summed E-state index contributed by atoms with van der Waals surface area (Å²) in [6, 6.07) is 5.70. The monoisotopic (exact) mass is 254 g/mol. The van der Waals surface area contributed by atoms with Gasteiger partial charge in [0.15, 0.2) is 0 Å². The molecule has 1 saturated heterocycles. The lowest BCUT2D eigenvalue weighted by atomic mass is 10.1. The number of rotatable bonds is 4. The van der Waals surface area contributed by atoms with E-state index in [0.29, 0.717) is 24.5 Å². The van der Waals surface area contributed by atoms with E-state index >= 15 is 0 Å². The van der Waals surface area contributed by atoms with E-state index in [-0.39, 0.29) is 11.9 Å². The van der Waals surface area contributed by atoms with Gasteiger partial charge in [-0.1, -0.05) is 11.6 Å². The Hall–Kier alpha value is -1.26. The molecule has 0 spiro atoms. The molecular weight excluding hydrogens is 240 g/mol. The maximum atomic E-state index is 11.0. The first-order valence-corrected chi connectivity index (χ1v) is 5.89. The summed E-state index contributed by atoms with van der Waals surface area (Å²) in [6.45, 7) is 1.32. The first-order chi connectivity index (χ1) is 8.19. The van der Waals surface area contributed by atoms with E-state index < -0.39 is 0 Å². The second kappa shape index (κ2) is 5.38. The molecule has 0 saturated carbocycles. The Morgan fingerprint density at radius 3 is 3.06 bits per heavy atom. The maximum absolute atomic E-state index is 11.0. The van der Waals surface area contributed by atoms with Gasteiger partial charge in [0.2, 0.25) is 5.91 Å². The second-order valence-corrected chi connectivity index (χ2v) is 4.48. The quantitative estimate of drug-likeness (QED) is 0.852. The van der Waals surface area contributed by atoms with Crippen molar-refractivity contribution in [1.82, 2.24) is 10.6 Å². The summed E-state index contributed by atoms with van der Waals surface area (Å²) in [4.78, 5) is 11.0. The largest absolute Gasteiger partial charge is 0.496 e. The number of carbonyl (C=O) groups excluding carboxylic acids is 1. The summed E-state index contributed by atoms with van der Waals surface area (Å²) >= 11 is 5.94. The molecule has 1 amide bonds. The van der Waals surface area contributed by atoms with Crippen LogP contribution in [0.1, 0.15) is 12.0 Å². The first kappa shape index (κ1) is 12.2. The lowest BCUT2D eigenvalue weighted by molar-refractivity contribution is -0.119. The van der Waals surface area contributed by atoms with E-state index in [4.69, 9.17) is 16.3 Å². The van der Waals surface area contributed by atoms with Gasteiger partial charge in [-0.2, -0.15) is 0 Å². The fraction of sp³-hybridized carbons (Fsp3) is 0.417. The minimum absolute atomic E-state index is 0.0977. The molecule has 0 aliphatic carbocycles. The standard InChI is InChI=1S/C12H15ClN2O2/c1-17-11-3-2-9(13)4-8(11)6-14-10-5-12(16)15-7-10/h2-4,10,14H,5-7H2,1H3,(H,15,16). The molecule has 1 aliphatic rings. The number of benzene rings is 1. The van der Waals surface area contributed by atoms with Crippen molar-refractivity contribution in [1.29, 1.82) is 0 Å². The van der Waals surface area contributed by atoms with E-state index in [2.05, 4.69) is 10.6 Å². The zero-order chi connectivity index (χ0) is 12.3. The fourth-order valence-corrected chi connectivity index (χ4v) is 2.08. The van der Waals surface area contributed by atoms with Crippen molar-refractivity contribution in [3.63, 3.8) is 0 Å². The number of nitrogens with one attached hydrogen (secondary N) is 2. The highest BCUT2D eigenvalue weighted by molar-refractivity contribution is 6.30. The van der Waals surface area contributed by atoms with Gasteiger partial charge < -0.3 is 15.4 Å². The highest BCUT2D eigenvalue weighted by Crippen LogP contribution is 2.22. The molecule has 1 aromatic rings. The Balaban J connectivity index is 1.98. The number of hydrogen-bond donors (Lipinski definition) is 2. The van der Waals surface area contributed by atoms with Crippen LogP contribution in [0, 0.1) is 0 Å². The highest BCUT2D eigenvalue weighted by atomic mass is 35.5.